The maximum atomic E-state index is 12.6. The van der Waals surface area contributed by atoms with Gasteiger partial charge in [0.1, 0.15) is 0 Å². The second kappa shape index (κ2) is 9.89. The molecule has 3 N–H and O–H groups in total. The molecule has 2 aromatic carbocycles. The Morgan fingerprint density at radius 3 is 2.53 bits per heavy atom. The predicted molar refractivity (Wildman–Crippen MR) is 116 cm³/mol. The number of likely N-dealkylation sites (N-methyl/N-ethyl adjacent to an activating group) is 1. The Hall–Kier alpha value is -3.38. The van der Waals surface area contributed by atoms with Gasteiger partial charge in [0.2, 0.25) is 5.91 Å². The summed E-state index contributed by atoms with van der Waals surface area (Å²) >= 11 is 0. The summed E-state index contributed by atoms with van der Waals surface area (Å²) in [6.45, 7) is 4.12. The zero-order valence-corrected chi connectivity index (χ0v) is 17.6. The molecule has 3 rings (SSSR count). The number of furan rings is 1. The van der Waals surface area contributed by atoms with Gasteiger partial charge in [0.05, 0.1) is 12.8 Å². The van der Waals surface area contributed by atoms with Crippen LogP contribution in [0.3, 0.4) is 0 Å². The molecule has 6 nitrogen and oxygen atoms in total. The van der Waals surface area contributed by atoms with Crippen molar-refractivity contribution in [1.82, 2.24) is 4.90 Å². The van der Waals surface area contributed by atoms with E-state index in [4.69, 9.17) is 4.42 Å². The van der Waals surface area contributed by atoms with Gasteiger partial charge in [-0.25, -0.2) is 0 Å². The summed E-state index contributed by atoms with van der Waals surface area (Å²) in [7, 11) is 1.64. The Morgan fingerprint density at radius 1 is 1.07 bits per heavy atom. The number of quaternary nitrogens is 1. The lowest BCUT2D eigenvalue weighted by Crippen LogP contribution is -2.87. The highest BCUT2D eigenvalue weighted by Gasteiger charge is 2.23. The molecular weight excluding hydrogens is 378 g/mol. The molecule has 0 saturated heterocycles. The van der Waals surface area contributed by atoms with E-state index in [1.807, 2.05) is 79.8 Å². The number of carbonyl (C=O) groups is 2. The molecule has 30 heavy (non-hydrogen) atoms. The van der Waals surface area contributed by atoms with E-state index in [0.29, 0.717) is 0 Å². The summed E-state index contributed by atoms with van der Waals surface area (Å²) in [6, 6.07) is 19.4. The van der Waals surface area contributed by atoms with E-state index in [9.17, 15) is 9.59 Å². The fourth-order valence-corrected chi connectivity index (χ4v) is 3.28. The van der Waals surface area contributed by atoms with Gasteiger partial charge in [-0.15, -0.1) is 0 Å². The summed E-state index contributed by atoms with van der Waals surface area (Å²) in [5.74, 6) is 0.438. The van der Waals surface area contributed by atoms with Gasteiger partial charge in [-0.05, 0) is 43.2 Å². The second-order valence-corrected chi connectivity index (χ2v) is 7.46. The Bertz CT molecular complexity index is 984. The van der Waals surface area contributed by atoms with E-state index in [1.54, 1.807) is 13.3 Å². The van der Waals surface area contributed by atoms with Gasteiger partial charge in [-0.3, -0.25) is 9.59 Å². The van der Waals surface area contributed by atoms with Gasteiger partial charge in [0.15, 0.2) is 18.3 Å². The smallest absolute Gasteiger partial charge is 0.277 e. The van der Waals surface area contributed by atoms with Crippen LogP contribution in [0.2, 0.25) is 0 Å². The molecule has 156 valence electrons. The first kappa shape index (κ1) is 21.3. The van der Waals surface area contributed by atoms with Gasteiger partial charge in [-0.2, -0.15) is 0 Å². The minimum atomic E-state index is -0.217. The number of amides is 2. The molecule has 0 radical (unpaired) electrons. The third-order valence-corrected chi connectivity index (χ3v) is 5.01. The zero-order valence-electron chi connectivity index (χ0n) is 17.6. The van der Waals surface area contributed by atoms with Crippen LogP contribution in [0.4, 0.5) is 5.69 Å². The first-order chi connectivity index (χ1) is 14.4. The molecule has 0 aliphatic carbocycles. The summed E-state index contributed by atoms with van der Waals surface area (Å²) in [5, 5.41) is 4.82. The molecule has 0 aliphatic rings. The van der Waals surface area contributed by atoms with Crippen LogP contribution in [-0.2, 0) is 9.59 Å². The fourth-order valence-electron chi connectivity index (χ4n) is 3.28. The molecule has 1 atom stereocenters. The van der Waals surface area contributed by atoms with Crippen molar-refractivity contribution in [3.8, 4) is 0 Å². The van der Waals surface area contributed by atoms with Crippen molar-refractivity contribution in [1.29, 1.82) is 0 Å². The lowest BCUT2D eigenvalue weighted by Gasteiger charge is -2.19. The number of aryl methyl sites for hydroxylation is 2. The Kier molecular flexibility index (Phi) is 7.03. The quantitative estimate of drug-likeness (QED) is 0.604. The number of benzene rings is 2. The van der Waals surface area contributed by atoms with Gasteiger partial charge in [0, 0.05) is 18.3 Å². The summed E-state index contributed by atoms with van der Waals surface area (Å²) in [4.78, 5) is 26.5. The van der Waals surface area contributed by atoms with Crippen molar-refractivity contribution >= 4 is 17.5 Å². The average Bonchev–Trinajstić information content (AvgIpc) is 3.26. The Labute approximate surface area is 176 Å². The number of nitrogens with one attached hydrogen (secondary N) is 1. The number of nitrogens with zero attached hydrogens (tertiary/aromatic N) is 1. The van der Waals surface area contributed by atoms with Crippen LogP contribution in [0, 0.1) is 13.8 Å². The first-order valence-corrected chi connectivity index (χ1v) is 9.97. The van der Waals surface area contributed by atoms with E-state index in [2.05, 4.69) is 5.32 Å². The third kappa shape index (κ3) is 5.58. The van der Waals surface area contributed by atoms with Crippen molar-refractivity contribution in [2.45, 2.75) is 19.9 Å². The van der Waals surface area contributed by atoms with Crippen LogP contribution in [0.15, 0.2) is 71.3 Å². The second-order valence-electron chi connectivity index (χ2n) is 7.46. The number of hydrogen-bond donors (Lipinski definition) is 2. The van der Waals surface area contributed by atoms with Crippen molar-refractivity contribution in [3.05, 3.63) is 89.4 Å². The van der Waals surface area contributed by atoms with E-state index in [0.717, 1.165) is 28.1 Å². The molecule has 0 saturated carbocycles. The van der Waals surface area contributed by atoms with Gasteiger partial charge >= 0.3 is 0 Å². The highest BCUT2D eigenvalue weighted by molar-refractivity contribution is 5.95. The van der Waals surface area contributed by atoms with Crippen molar-refractivity contribution in [2.24, 2.45) is 0 Å². The fraction of sp³-hybridized carbons (Fsp3) is 0.250. The molecule has 0 bridgehead atoms. The number of anilines is 1. The number of rotatable bonds is 8. The average molecular weight is 407 g/mol. The first-order valence-electron chi connectivity index (χ1n) is 9.97. The van der Waals surface area contributed by atoms with Crippen LogP contribution in [0.5, 0.6) is 0 Å². The molecule has 3 aromatic rings. The predicted octanol–water partition coefficient (Wildman–Crippen LogP) is 2.65. The van der Waals surface area contributed by atoms with Crippen LogP contribution in [-0.4, -0.2) is 36.9 Å². The molecule has 1 aromatic heterocycles. The molecule has 0 fully saturated rings. The van der Waals surface area contributed by atoms with E-state index in [1.165, 1.54) is 4.90 Å². The monoisotopic (exact) mass is 406 g/mol. The van der Waals surface area contributed by atoms with Gasteiger partial charge in [-0.1, -0.05) is 42.5 Å². The third-order valence-electron chi connectivity index (χ3n) is 5.01. The lowest BCUT2D eigenvalue weighted by molar-refractivity contribution is -0.679. The summed E-state index contributed by atoms with van der Waals surface area (Å²) < 4.78 is 5.57. The maximum absolute atomic E-state index is 12.6. The summed E-state index contributed by atoms with van der Waals surface area (Å²) in [6.07, 6.45) is 1.63. The summed E-state index contributed by atoms with van der Waals surface area (Å²) in [5.41, 5.74) is 3.88. The van der Waals surface area contributed by atoms with Gasteiger partial charge < -0.3 is 20.0 Å². The van der Waals surface area contributed by atoms with Gasteiger partial charge in [0.25, 0.3) is 5.91 Å². The van der Waals surface area contributed by atoms with E-state index >= 15 is 0 Å². The van der Waals surface area contributed by atoms with E-state index in [-0.39, 0.29) is 30.9 Å². The number of carbonyl (C=O) groups excluding carboxylic acids is 2. The van der Waals surface area contributed by atoms with Crippen molar-refractivity contribution in [2.75, 3.05) is 25.5 Å². The molecular formula is C24H28N3O3+. The van der Waals surface area contributed by atoms with Crippen LogP contribution >= 0.6 is 0 Å². The highest BCUT2D eigenvalue weighted by atomic mass is 16.3. The van der Waals surface area contributed by atoms with Crippen LogP contribution < -0.4 is 10.6 Å². The molecule has 2 amide bonds. The minimum absolute atomic E-state index is 0.00316. The molecule has 0 unspecified atom stereocenters. The standard InChI is InChI=1S/C24H27N3O3/c1-17-11-12-18(2)20(14-17)26-22(28)16-27(3)23(29)15-25-24(21-10-7-13-30-21)19-8-5-4-6-9-19/h4-14,24-25H,15-16H2,1-3H3,(H,26,28)/p+1/t24-/m1/s1. The minimum Gasteiger partial charge on any atom is -0.463 e. The number of hydrogen-bond acceptors (Lipinski definition) is 3. The zero-order chi connectivity index (χ0) is 21.5. The lowest BCUT2D eigenvalue weighted by atomic mass is 10.0. The SMILES string of the molecule is Cc1ccc(C)c(NC(=O)CN(C)C(=O)C[NH2+][C@H](c2ccccc2)c2ccco2)c1. The normalized spacial score (nSPS) is 11.7. The molecule has 1 heterocycles. The topological polar surface area (TPSA) is 79.2 Å². The molecule has 0 aliphatic heterocycles. The van der Waals surface area contributed by atoms with Crippen LogP contribution in [0.25, 0.3) is 0 Å². The number of nitrogens with two attached hydrogens (primary N) is 1. The largest absolute Gasteiger partial charge is 0.463 e. The molecule has 0 spiro atoms. The maximum Gasteiger partial charge on any atom is 0.277 e. The Morgan fingerprint density at radius 2 is 1.83 bits per heavy atom. The van der Waals surface area contributed by atoms with Crippen molar-refractivity contribution in [3.63, 3.8) is 0 Å². The van der Waals surface area contributed by atoms with Crippen molar-refractivity contribution < 1.29 is 19.3 Å². The van der Waals surface area contributed by atoms with Crippen LogP contribution in [0.1, 0.15) is 28.5 Å². The van der Waals surface area contributed by atoms with E-state index < -0.39 is 0 Å². The highest BCUT2D eigenvalue weighted by Crippen LogP contribution is 2.18. The Balaban J connectivity index is 1.58. The molecule has 6 heteroatoms.